The molecule has 1 atom stereocenters. The molecule has 2 heterocycles. The number of amidine groups is 1. The van der Waals surface area contributed by atoms with Crippen LogP contribution in [-0.2, 0) is 14.4 Å². The number of hydrogen-bond donors (Lipinski definition) is 1. The van der Waals surface area contributed by atoms with Crippen LogP contribution in [0.3, 0.4) is 0 Å². The Kier molecular flexibility index (Phi) is 6.35. The van der Waals surface area contributed by atoms with Gasteiger partial charge in [0, 0.05) is 12.2 Å². The van der Waals surface area contributed by atoms with Gasteiger partial charge in [0.15, 0.2) is 0 Å². The Morgan fingerprint density at radius 3 is 2.70 bits per heavy atom. The summed E-state index contributed by atoms with van der Waals surface area (Å²) in [4.78, 5) is 46.9. The predicted octanol–water partition coefficient (Wildman–Crippen LogP) is 2.95. The fourth-order valence-corrected chi connectivity index (χ4v) is 4.71. The smallest absolute Gasteiger partial charge is 0.254 e. The molecule has 2 aliphatic heterocycles. The summed E-state index contributed by atoms with van der Waals surface area (Å²) in [7, 11) is 1.53. The van der Waals surface area contributed by atoms with Crippen molar-refractivity contribution in [2.24, 2.45) is 4.99 Å². The molecule has 0 saturated heterocycles. The van der Waals surface area contributed by atoms with Crippen LogP contribution in [0.5, 0.6) is 5.75 Å². The average Bonchev–Trinajstić information content (AvgIpc) is 3.30. The number of nitrogens with one attached hydrogen (secondary N) is 1. The summed E-state index contributed by atoms with van der Waals surface area (Å²) in [5.74, 6) is -0.0720. The lowest BCUT2D eigenvalue weighted by Gasteiger charge is -2.44. The van der Waals surface area contributed by atoms with Crippen molar-refractivity contribution in [3.05, 3.63) is 48.2 Å². The van der Waals surface area contributed by atoms with E-state index in [2.05, 4.69) is 10.3 Å². The summed E-state index contributed by atoms with van der Waals surface area (Å²) in [6, 6.07) is 7.23. The molecule has 4 rings (SSSR count). The molecule has 3 aliphatic rings. The van der Waals surface area contributed by atoms with Crippen molar-refractivity contribution in [2.45, 2.75) is 57.5 Å². The first-order valence-corrected chi connectivity index (χ1v) is 11.3. The van der Waals surface area contributed by atoms with Crippen molar-refractivity contribution in [3.8, 4) is 5.75 Å². The largest absolute Gasteiger partial charge is 0.495 e. The van der Waals surface area contributed by atoms with Crippen LogP contribution in [0.1, 0.15) is 46.0 Å². The van der Waals surface area contributed by atoms with E-state index in [1.807, 2.05) is 25.3 Å². The summed E-state index contributed by atoms with van der Waals surface area (Å²) >= 11 is 0. The molecule has 33 heavy (non-hydrogen) atoms. The Balaban J connectivity index is 1.70. The first-order chi connectivity index (χ1) is 15.8. The quantitative estimate of drug-likeness (QED) is 0.720. The Morgan fingerprint density at radius 2 is 1.97 bits per heavy atom. The monoisotopic (exact) mass is 450 g/mol. The number of ether oxygens (including phenoxy) is 1. The highest BCUT2D eigenvalue weighted by Gasteiger charge is 2.48. The van der Waals surface area contributed by atoms with E-state index in [0.29, 0.717) is 17.3 Å². The van der Waals surface area contributed by atoms with Crippen LogP contribution in [0.25, 0.3) is 0 Å². The molecule has 8 nitrogen and oxygen atoms in total. The lowest BCUT2D eigenvalue weighted by Crippen LogP contribution is -2.62. The van der Waals surface area contributed by atoms with E-state index in [-0.39, 0.29) is 36.7 Å². The number of carbonyl (C=O) groups is 3. The second-order valence-corrected chi connectivity index (χ2v) is 9.00. The van der Waals surface area contributed by atoms with Crippen molar-refractivity contribution in [1.82, 2.24) is 10.2 Å². The van der Waals surface area contributed by atoms with Crippen LogP contribution < -0.4 is 15.0 Å². The Bertz CT molecular complexity index is 1050. The second kappa shape index (κ2) is 9.21. The van der Waals surface area contributed by atoms with E-state index >= 15 is 0 Å². The van der Waals surface area contributed by atoms with E-state index in [9.17, 15) is 14.4 Å². The first-order valence-electron chi connectivity index (χ1n) is 11.3. The molecule has 0 radical (unpaired) electrons. The minimum absolute atomic E-state index is 0.0944. The van der Waals surface area contributed by atoms with E-state index in [1.54, 1.807) is 36.1 Å². The minimum atomic E-state index is -1.24. The molecule has 1 aromatic carbocycles. The molecule has 0 spiro atoms. The maximum absolute atomic E-state index is 14.2. The van der Waals surface area contributed by atoms with Crippen LogP contribution in [-0.4, -0.2) is 53.7 Å². The number of rotatable bonds is 6. The molecule has 0 bridgehead atoms. The van der Waals surface area contributed by atoms with E-state index in [0.717, 1.165) is 31.3 Å². The van der Waals surface area contributed by atoms with Gasteiger partial charge in [0.2, 0.25) is 5.91 Å². The molecule has 3 amide bonds. The number of hydrogen-bond acceptors (Lipinski definition) is 5. The summed E-state index contributed by atoms with van der Waals surface area (Å²) in [5.41, 5.74) is 0.178. The standard InChI is InChI=1S/C25H30N4O4/c1-17-12-13-21-27-22(30)14-25(2,29(21)15-17)24(32)28(19-10-6-7-11-20(19)33-3)16-23(31)26-18-8-4-5-9-18/h6-7,10-13,15,18H,4-5,8-9,14,16H2,1-3H3,(H,26,31)/t25-/m1/s1. The molecule has 1 aliphatic carbocycles. The van der Waals surface area contributed by atoms with Crippen LogP contribution in [0.2, 0.25) is 0 Å². The summed E-state index contributed by atoms with van der Waals surface area (Å²) in [5, 5.41) is 3.06. The number of benzene rings is 1. The molecule has 1 fully saturated rings. The molecule has 1 saturated carbocycles. The van der Waals surface area contributed by atoms with Crippen LogP contribution in [0, 0.1) is 0 Å². The molecule has 0 aromatic heterocycles. The number of carbonyl (C=O) groups excluding carboxylic acids is 3. The molecule has 174 valence electrons. The molecule has 0 unspecified atom stereocenters. The van der Waals surface area contributed by atoms with E-state index < -0.39 is 5.54 Å². The molecule has 8 heteroatoms. The number of aliphatic imine (C=N–C) groups is 1. The van der Waals surface area contributed by atoms with Gasteiger partial charge in [0.25, 0.3) is 11.8 Å². The van der Waals surface area contributed by atoms with Gasteiger partial charge in [0.1, 0.15) is 23.7 Å². The molecular formula is C25H30N4O4. The van der Waals surface area contributed by atoms with Crippen molar-refractivity contribution in [2.75, 3.05) is 18.6 Å². The highest BCUT2D eigenvalue weighted by Crippen LogP contribution is 2.35. The highest BCUT2D eigenvalue weighted by atomic mass is 16.5. The first kappa shape index (κ1) is 22.8. The van der Waals surface area contributed by atoms with Gasteiger partial charge >= 0.3 is 0 Å². The van der Waals surface area contributed by atoms with Gasteiger partial charge in [-0.1, -0.05) is 31.1 Å². The van der Waals surface area contributed by atoms with Crippen molar-refractivity contribution < 1.29 is 19.1 Å². The number of methoxy groups -OCH3 is 1. The lowest BCUT2D eigenvalue weighted by molar-refractivity contribution is -0.133. The number of para-hydroxylation sites is 2. The third-order valence-electron chi connectivity index (χ3n) is 6.45. The summed E-state index contributed by atoms with van der Waals surface area (Å²) in [6.07, 6.45) is 9.40. The maximum Gasteiger partial charge on any atom is 0.254 e. The minimum Gasteiger partial charge on any atom is -0.495 e. The zero-order chi connectivity index (χ0) is 23.6. The molecular weight excluding hydrogens is 420 g/mol. The van der Waals surface area contributed by atoms with Crippen LogP contribution in [0.15, 0.2) is 53.2 Å². The Hall–Kier alpha value is -3.42. The van der Waals surface area contributed by atoms with Gasteiger partial charge in [-0.05, 0) is 50.5 Å². The fraction of sp³-hybridized carbons (Fsp3) is 0.440. The van der Waals surface area contributed by atoms with E-state index in [4.69, 9.17) is 4.74 Å². The summed E-state index contributed by atoms with van der Waals surface area (Å²) < 4.78 is 5.50. The van der Waals surface area contributed by atoms with Gasteiger partial charge in [0.05, 0.1) is 19.2 Å². The third kappa shape index (κ3) is 4.55. The molecule has 1 aromatic rings. The number of anilines is 1. The Labute approximate surface area is 194 Å². The van der Waals surface area contributed by atoms with Crippen molar-refractivity contribution in [1.29, 1.82) is 0 Å². The zero-order valence-electron chi connectivity index (χ0n) is 19.3. The van der Waals surface area contributed by atoms with Gasteiger partial charge in [-0.3, -0.25) is 19.3 Å². The number of allylic oxidation sites excluding steroid dienone is 2. The SMILES string of the molecule is COc1ccccc1N(CC(=O)NC1CCCC1)C(=O)[C@@]1(C)CC(=O)N=C2C=CC(C)=CN21. The predicted molar refractivity (Wildman–Crippen MR) is 126 cm³/mol. The molecule has 1 N–H and O–H groups in total. The number of fused-ring (bicyclic) bond motifs is 1. The second-order valence-electron chi connectivity index (χ2n) is 9.00. The van der Waals surface area contributed by atoms with Crippen molar-refractivity contribution >= 4 is 29.2 Å². The van der Waals surface area contributed by atoms with Gasteiger partial charge in [-0.2, -0.15) is 4.99 Å². The highest BCUT2D eigenvalue weighted by molar-refractivity contribution is 6.13. The zero-order valence-corrected chi connectivity index (χ0v) is 19.3. The normalized spacial score (nSPS) is 22.4. The lowest BCUT2D eigenvalue weighted by atomic mass is 9.89. The summed E-state index contributed by atoms with van der Waals surface area (Å²) in [6.45, 7) is 3.47. The number of nitrogens with zero attached hydrogens (tertiary/aromatic N) is 3. The topological polar surface area (TPSA) is 91.3 Å². The van der Waals surface area contributed by atoms with Crippen LogP contribution in [0.4, 0.5) is 5.69 Å². The van der Waals surface area contributed by atoms with Gasteiger partial charge in [-0.15, -0.1) is 0 Å². The number of amides is 3. The van der Waals surface area contributed by atoms with Gasteiger partial charge < -0.3 is 15.0 Å². The van der Waals surface area contributed by atoms with Gasteiger partial charge in [-0.25, -0.2) is 0 Å². The average molecular weight is 451 g/mol. The van der Waals surface area contributed by atoms with E-state index in [1.165, 1.54) is 12.0 Å². The Morgan fingerprint density at radius 1 is 1.24 bits per heavy atom. The maximum atomic E-state index is 14.2. The van der Waals surface area contributed by atoms with Crippen molar-refractivity contribution in [3.63, 3.8) is 0 Å². The van der Waals surface area contributed by atoms with Crippen LogP contribution >= 0.6 is 0 Å². The third-order valence-corrected chi connectivity index (χ3v) is 6.45. The fourth-order valence-electron chi connectivity index (χ4n) is 4.71.